The van der Waals surface area contributed by atoms with Crippen LogP contribution in [0.15, 0.2) is 0 Å². The van der Waals surface area contributed by atoms with Crippen LogP contribution in [0.2, 0.25) is 0 Å². The molecule has 0 radical (unpaired) electrons. The number of hydrogen-bond acceptors (Lipinski definition) is 2. The van der Waals surface area contributed by atoms with Gasteiger partial charge in [0.2, 0.25) is 5.91 Å². The highest BCUT2D eigenvalue weighted by molar-refractivity contribution is 5.83. The van der Waals surface area contributed by atoms with Gasteiger partial charge in [0.05, 0.1) is 0 Å². The molecule has 1 N–H and O–H groups in total. The zero-order valence-electron chi connectivity index (χ0n) is 12.8. The SMILES string of the molecule is CCCCCCCCCC(=O)N1CCCC[C@@H]1C(=O)O. The number of hydrogen-bond donors (Lipinski definition) is 1. The molecule has 0 saturated carbocycles. The normalized spacial score (nSPS) is 19.1. The molecule has 1 amide bonds. The van der Waals surface area contributed by atoms with Crippen LogP contribution in [0.1, 0.15) is 77.6 Å². The monoisotopic (exact) mass is 283 g/mol. The Bertz CT molecular complexity index is 304. The zero-order valence-corrected chi connectivity index (χ0v) is 12.8. The third-order valence-corrected chi connectivity index (χ3v) is 4.10. The Hall–Kier alpha value is -1.06. The molecule has 0 aromatic carbocycles. The number of aliphatic carboxylic acids is 1. The van der Waals surface area contributed by atoms with Crippen molar-refractivity contribution < 1.29 is 14.7 Å². The van der Waals surface area contributed by atoms with Crippen LogP contribution in [0.3, 0.4) is 0 Å². The van der Waals surface area contributed by atoms with E-state index in [1.54, 1.807) is 4.90 Å². The lowest BCUT2D eigenvalue weighted by atomic mass is 10.0. The summed E-state index contributed by atoms with van der Waals surface area (Å²) in [5, 5.41) is 9.16. The van der Waals surface area contributed by atoms with Crippen LogP contribution < -0.4 is 0 Å². The summed E-state index contributed by atoms with van der Waals surface area (Å²) in [7, 11) is 0. The highest BCUT2D eigenvalue weighted by Crippen LogP contribution is 2.19. The molecule has 0 aromatic rings. The van der Waals surface area contributed by atoms with Crippen molar-refractivity contribution in [2.24, 2.45) is 0 Å². The standard InChI is InChI=1S/C16H29NO3/c1-2-3-4-5-6-7-8-12-15(18)17-13-10-9-11-14(17)16(19)20/h14H,2-13H2,1H3,(H,19,20)/t14-/m1/s1. The van der Waals surface area contributed by atoms with Gasteiger partial charge in [-0.2, -0.15) is 0 Å². The zero-order chi connectivity index (χ0) is 14.8. The first-order chi connectivity index (χ1) is 9.66. The fraction of sp³-hybridized carbons (Fsp3) is 0.875. The Balaban J connectivity index is 2.19. The summed E-state index contributed by atoms with van der Waals surface area (Å²) in [6, 6.07) is -0.583. The predicted molar refractivity (Wildman–Crippen MR) is 79.6 cm³/mol. The Kier molecular flexibility index (Phi) is 8.31. The molecule has 0 aliphatic carbocycles. The van der Waals surface area contributed by atoms with Gasteiger partial charge in [0.15, 0.2) is 0 Å². The molecular formula is C16H29NO3. The number of unbranched alkanes of at least 4 members (excludes halogenated alkanes) is 6. The van der Waals surface area contributed by atoms with Crippen molar-refractivity contribution in [3.8, 4) is 0 Å². The lowest BCUT2D eigenvalue weighted by Gasteiger charge is -2.33. The second kappa shape index (κ2) is 9.78. The smallest absolute Gasteiger partial charge is 0.326 e. The van der Waals surface area contributed by atoms with Crippen LogP contribution in [0.4, 0.5) is 0 Å². The van der Waals surface area contributed by atoms with E-state index in [2.05, 4.69) is 6.92 Å². The lowest BCUT2D eigenvalue weighted by molar-refractivity contribution is -0.152. The van der Waals surface area contributed by atoms with E-state index >= 15 is 0 Å². The molecule has 1 fully saturated rings. The number of likely N-dealkylation sites (tertiary alicyclic amines) is 1. The van der Waals surface area contributed by atoms with E-state index in [1.807, 2.05) is 0 Å². The van der Waals surface area contributed by atoms with Gasteiger partial charge in [-0.05, 0) is 25.7 Å². The first kappa shape index (κ1) is 17.0. The molecule has 4 heteroatoms. The summed E-state index contributed by atoms with van der Waals surface area (Å²) < 4.78 is 0. The number of carboxylic acids is 1. The van der Waals surface area contributed by atoms with Crippen LogP contribution >= 0.6 is 0 Å². The number of carbonyl (C=O) groups is 2. The van der Waals surface area contributed by atoms with Crippen LogP contribution in [-0.4, -0.2) is 34.5 Å². The molecule has 1 saturated heterocycles. The molecule has 0 aromatic heterocycles. The quantitative estimate of drug-likeness (QED) is 0.658. The molecular weight excluding hydrogens is 254 g/mol. The van der Waals surface area contributed by atoms with E-state index in [1.165, 1.54) is 32.1 Å². The third-order valence-electron chi connectivity index (χ3n) is 4.10. The fourth-order valence-corrected chi connectivity index (χ4v) is 2.86. The Morgan fingerprint density at radius 3 is 2.35 bits per heavy atom. The molecule has 20 heavy (non-hydrogen) atoms. The van der Waals surface area contributed by atoms with Crippen molar-refractivity contribution in [2.45, 2.75) is 83.6 Å². The highest BCUT2D eigenvalue weighted by Gasteiger charge is 2.31. The number of rotatable bonds is 9. The van der Waals surface area contributed by atoms with E-state index in [0.717, 1.165) is 25.7 Å². The van der Waals surface area contributed by atoms with Crippen LogP contribution in [-0.2, 0) is 9.59 Å². The molecule has 1 rings (SSSR count). The molecule has 0 unspecified atom stereocenters. The van der Waals surface area contributed by atoms with E-state index in [9.17, 15) is 9.59 Å². The summed E-state index contributed by atoms with van der Waals surface area (Å²) in [5.41, 5.74) is 0. The third kappa shape index (κ3) is 5.93. The van der Waals surface area contributed by atoms with Crippen molar-refractivity contribution in [2.75, 3.05) is 6.54 Å². The molecule has 1 heterocycles. The number of piperidine rings is 1. The van der Waals surface area contributed by atoms with E-state index in [-0.39, 0.29) is 5.91 Å². The van der Waals surface area contributed by atoms with Gasteiger partial charge < -0.3 is 10.0 Å². The summed E-state index contributed by atoms with van der Waals surface area (Å²) in [4.78, 5) is 24.8. The first-order valence-corrected chi connectivity index (χ1v) is 8.19. The summed E-state index contributed by atoms with van der Waals surface area (Å²) in [6.45, 7) is 2.82. The van der Waals surface area contributed by atoms with Crippen molar-refractivity contribution in [3.05, 3.63) is 0 Å². The molecule has 0 bridgehead atoms. The average Bonchev–Trinajstić information content (AvgIpc) is 2.46. The topological polar surface area (TPSA) is 57.6 Å². The predicted octanol–water partition coefficient (Wildman–Crippen LogP) is 3.59. The number of amides is 1. The van der Waals surface area contributed by atoms with Gasteiger partial charge in [-0.15, -0.1) is 0 Å². The van der Waals surface area contributed by atoms with Crippen LogP contribution in [0.5, 0.6) is 0 Å². The van der Waals surface area contributed by atoms with Crippen LogP contribution in [0, 0.1) is 0 Å². The van der Waals surface area contributed by atoms with E-state index in [4.69, 9.17) is 5.11 Å². The van der Waals surface area contributed by atoms with Gasteiger partial charge in [0, 0.05) is 13.0 Å². The van der Waals surface area contributed by atoms with Gasteiger partial charge >= 0.3 is 5.97 Å². The molecule has 4 nitrogen and oxygen atoms in total. The van der Waals surface area contributed by atoms with Crippen LogP contribution in [0.25, 0.3) is 0 Å². The number of carbonyl (C=O) groups excluding carboxylic acids is 1. The minimum absolute atomic E-state index is 0.0330. The Labute approximate surface area is 122 Å². The number of carboxylic acid groups (broad SMARTS) is 1. The van der Waals surface area contributed by atoms with Gasteiger partial charge in [-0.1, -0.05) is 45.4 Å². The molecule has 116 valence electrons. The summed E-state index contributed by atoms with van der Waals surface area (Å²) in [6.07, 6.45) is 11.2. The van der Waals surface area contributed by atoms with E-state index < -0.39 is 12.0 Å². The number of nitrogens with zero attached hydrogens (tertiary/aromatic N) is 1. The maximum atomic E-state index is 12.1. The molecule has 1 atom stereocenters. The maximum absolute atomic E-state index is 12.1. The lowest BCUT2D eigenvalue weighted by Crippen LogP contribution is -2.47. The first-order valence-electron chi connectivity index (χ1n) is 8.19. The fourth-order valence-electron chi connectivity index (χ4n) is 2.86. The van der Waals surface area contributed by atoms with Crippen molar-refractivity contribution in [1.82, 2.24) is 4.90 Å². The van der Waals surface area contributed by atoms with Crippen molar-refractivity contribution in [1.29, 1.82) is 0 Å². The van der Waals surface area contributed by atoms with Crippen molar-refractivity contribution in [3.63, 3.8) is 0 Å². The van der Waals surface area contributed by atoms with Gasteiger partial charge in [0.25, 0.3) is 0 Å². The van der Waals surface area contributed by atoms with Gasteiger partial charge in [0.1, 0.15) is 6.04 Å². The Morgan fingerprint density at radius 2 is 1.70 bits per heavy atom. The van der Waals surface area contributed by atoms with Gasteiger partial charge in [-0.3, -0.25) is 4.79 Å². The second-order valence-electron chi connectivity index (χ2n) is 5.81. The molecule has 1 aliphatic rings. The largest absolute Gasteiger partial charge is 0.480 e. The maximum Gasteiger partial charge on any atom is 0.326 e. The summed E-state index contributed by atoms with van der Waals surface area (Å²) in [5.74, 6) is -0.816. The minimum atomic E-state index is -0.849. The minimum Gasteiger partial charge on any atom is -0.480 e. The summed E-state index contributed by atoms with van der Waals surface area (Å²) >= 11 is 0. The van der Waals surface area contributed by atoms with Gasteiger partial charge in [-0.25, -0.2) is 4.79 Å². The average molecular weight is 283 g/mol. The highest BCUT2D eigenvalue weighted by atomic mass is 16.4. The Morgan fingerprint density at radius 1 is 1.05 bits per heavy atom. The van der Waals surface area contributed by atoms with Crippen molar-refractivity contribution >= 4 is 11.9 Å². The molecule has 1 aliphatic heterocycles. The molecule has 0 spiro atoms. The van der Waals surface area contributed by atoms with E-state index in [0.29, 0.717) is 19.4 Å². The second-order valence-corrected chi connectivity index (χ2v) is 5.81.